The third-order valence-electron chi connectivity index (χ3n) is 1.45. The third-order valence-corrected chi connectivity index (χ3v) is 3.99. The second-order valence-electron chi connectivity index (χ2n) is 2.66. The number of hydrogen-bond acceptors (Lipinski definition) is 3. The quantitative estimate of drug-likeness (QED) is 0.740. The fourth-order valence-electron chi connectivity index (χ4n) is 0.992. The van der Waals surface area contributed by atoms with Gasteiger partial charge in [-0.1, -0.05) is 12.1 Å². The molecular formula is C10H12O2S2. The second kappa shape index (κ2) is 5.98. The van der Waals surface area contributed by atoms with Crippen molar-refractivity contribution in [2.45, 2.75) is 16.7 Å². The van der Waals surface area contributed by atoms with Gasteiger partial charge in [-0.05, 0) is 12.1 Å². The van der Waals surface area contributed by atoms with Gasteiger partial charge in [-0.25, -0.2) is 0 Å². The van der Waals surface area contributed by atoms with E-state index in [4.69, 9.17) is 9.90 Å². The van der Waals surface area contributed by atoms with Gasteiger partial charge in [0.15, 0.2) is 0 Å². The van der Waals surface area contributed by atoms with Crippen molar-refractivity contribution in [3.8, 4) is 0 Å². The minimum Gasteiger partial charge on any atom is -0.481 e. The Hall–Kier alpha value is -0.610. The van der Waals surface area contributed by atoms with E-state index in [2.05, 4.69) is 24.3 Å². The molecular weight excluding hydrogens is 216 g/mol. The third kappa shape index (κ3) is 4.07. The van der Waals surface area contributed by atoms with Crippen molar-refractivity contribution in [1.82, 2.24) is 0 Å². The molecule has 0 aromatic heterocycles. The Labute approximate surface area is 92.1 Å². The highest BCUT2D eigenvalue weighted by Gasteiger charge is 2.07. The molecule has 4 heteroatoms. The number of benzene rings is 1. The summed E-state index contributed by atoms with van der Waals surface area (Å²) in [6.07, 6.45) is 0. The van der Waals surface area contributed by atoms with Crippen LogP contribution in [-0.2, 0) is 4.79 Å². The van der Waals surface area contributed by atoms with Gasteiger partial charge >= 0.3 is 0 Å². The molecule has 2 rings (SSSR count). The normalized spacial score (nSPS) is 13.5. The number of carbonyl (C=O) groups is 1. The molecule has 0 unspecified atom stereocenters. The summed E-state index contributed by atoms with van der Waals surface area (Å²) in [5.74, 6) is 1.70. The molecule has 1 heterocycles. The van der Waals surface area contributed by atoms with Gasteiger partial charge < -0.3 is 5.11 Å². The van der Waals surface area contributed by atoms with Crippen LogP contribution in [0.5, 0.6) is 0 Å². The lowest BCUT2D eigenvalue weighted by Crippen LogP contribution is -1.92. The van der Waals surface area contributed by atoms with Crippen molar-refractivity contribution in [2.75, 3.05) is 11.5 Å². The molecule has 76 valence electrons. The first-order valence-corrected chi connectivity index (χ1v) is 6.21. The second-order valence-corrected chi connectivity index (χ2v) is 4.94. The summed E-state index contributed by atoms with van der Waals surface area (Å²) < 4.78 is 0. The molecule has 0 saturated heterocycles. The van der Waals surface area contributed by atoms with Crippen molar-refractivity contribution < 1.29 is 9.90 Å². The Balaban J connectivity index is 0.000000213. The van der Waals surface area contributed by atoms with Crippen molar-refractivity contribution in [3.05, 3.63) is 24.3 Å². The number of aliphatic carboxylic acids is 1. The molecule has 0 spiro atoms. The highest BCUT2D eigenvalue weighted by molar-refractivity contribution is 8.05. The van der Waals surface area contributed by atoms with Crippen LogP contribution in [0.3, 0.4) is 0 Å². The van der Waals surface area contributed by atoms with Crippen molar-refractivity contribution in [3.63, 3.8) is 0 Å². The number of carboxylic acids is 1. The molecule has 14 heavy (non-hydrogen) atoms. The summed E-state index contributed by atoms with van der Waals surface area (Å²) in [5, 5.41) is 7.42. The maximum atomic E-state index is 9.00. The minimum atomic E-state index is -0.833. The van der Waals surface area contributed by atoms with Crippen LogP contribution in [0.2, 0.25) is 0 Å². The van der Waals surface area contributed by atoms with Gasteiger partial charge in [-0.15, -0.1) is 23.5 Å². The summed E-state index contributed by atoms with van der Waals surface area (Å²) in [5.41, 5.74) is 0. The van der Waals surface area contributed by atoms with E-state index in [1.807, 2.05) is 23.5 Å². The average molecular weight is 228 g/mol. The van der Waals surface area contributed by atoms with Gasteiger partial charge in [0.05, 0.1) is 0 Å². The van der Waals surface area contributed by atoms with E-state index in [-0.39, 0.29) is 0 Å². The van der Waals surface area contributed by atoms with E-state index in [9.17, 15) is 0 Å². The van der Waals surface area contributed by atoms with Crippen molar-refractivity contribution in [1.29, 1.82) is 0 Å². The maximum absolute atomic E-state index is 9.00. The number of fused-ring (bicyclic) bond motifs is 1. The van der Waals surface area contributed by atoms with Gasteiger partial charge in [0.1, 0.15) is 0 Å². The number of hydrogen-bond donors (Lipinski definition) is 1. The number of rotatable bonds is 0. The summed E-state index contributed by atoms with van der Waals surface area (Å²) in [4.78, 5) is 11.9. The molecule has 0 radical (unpaired) electrons. The van der Waals surface area contributed by atoms with Crippen LogP contribution in [0.1, 0.15) is 6.92 Å². The zero-order chi connectivity index (χ0) is 10.4. The predicted molar refractivity (Wildman–Crippen MR) is 61.2 cm³/mol. The summed E-state index contributed by atoms with van der Waals surface area (Å²) in [7, 11) is 0. The molecule has 1 aliphatic rings. The molecule has 0 aliphatic carbocycles. The van der Waals surface area contributed by atoms with E-state index >= 15 is 0 Å². The van der Waals surface area contributed by atoms with E-state index in [1.165, 1.54) is 21.3 Å². The molecule has 1 N–H and O–H groups in total. The smallest absolute Gasteiger partial charge is 0.300 e. The molecule has 1 aliphatic heterocycles. The van der Waals surface area contributed by atoms with Crippen LogP contribution in [0.25, 0.3) is 0 Å². The molecule has 1 aromatic carbocycles. The maximum Gasteiger partial charge on any atom is 0.300 e. The summed E-state index contributed by atoms with van der Waals surface area (Å²) in [6, 6.07) is 8.62. The first kappa shape index (κ1) is 11.5. The lowest BCUT2D eigenvalue weighted by atomic mass is 10.4. The largest absolute Gasteiger partial charge is 0.481 e. The van der Waals surface area contributed by atoms with Crippen LogP contribution in [-0.4, -0.2) is 22.6 Å². The Morgan fingerprint density at radius 3 is 1.93 bits per heavy atom. The Morgan fingerprint density at radius 2 is 1.57 bits per heavy atom. The van der Waals surface area contributed by atoms with E-state index in [1.54, 1.807) is 0 Å². The molecule has 0 bridgehead atoms. The fourth-order valence-corrected chi connectivity index (χ4v) is 3.22. The van der Waals surface area contributed by atoms with Crippen LogP contribution >= 0.6 is 23.5 Å². The molecule has 0 saturated carbocycles. The van der Waals surface area contributed by atoms with Gasteiger partial charge in [0.25, 0.3) is 5.97 Å². The Kier molecular flexibility index (Phi) is 4.90. The average Bonchev–Trinajstić information content (AvgIpc) is 2.17. The van der Waals surface area contributed by atoms with Crippen LogP contribution in [0, 0.1) is 0 Å². The first-order chi connectivity index (χ1) is 6.70. The highest BCUT2D eigenvalue weighted by atomic mass is 32.2. The summed E-state index contributed by atoms with van der Waals surface area (Å²) in [6.45, 7) is 1.08. The van der Waals surface area contributed by atoms with Crippen molar-refractivity contribution in [2.24, 2.45) is 0 Å². The Bertz CT molecular complexity index is 284. The first-order valence-electron chi connectivity index (χ1n) is 4.24. The molecule has 0 fully saturated rings. The molecule has 1 aromatic rings. The van der Waals surface area contributed by atoms with Gasteiger partial charge in [0, 0.05) is 28.2 Å². The van der Waals surface area contributed by atoms with E-state index in [0.717, 1.165) is 6.92 Å². The van der Waals surface area contributed by atoms with E-state index in [0.29, 0.717) is 0 Å². The van der Waals surface area contributed by atoms with Gasteiger partial charge in [0.2, 0.25) is 0 Å². The van der Waals surface area contributed by atoms with Gasteiger partial charge in [-0.2, -0.15) is 0 Å². The van der Waals surface area contributed by atoms with Crippen LogP contribution in [0.4, 0.5) is 0 Å². The Morgan fingerprint density at radius 1 is 1.21 bits per heavy atom. The summed E-state index contributed by atoms with van der Waals surface area (Å²) >= 11 is 3.94. The SMILES string of the molecule is CC(=O)O.c1ccc2c(c1)SCCS2. The predicted octanol–water partition coefficient (Wildman–Crippen LogP) is 2.98. The lowest BCUT2D eigenvalue weighted by Gasteiger charge is -2.12. The monoisotopic (exact) mass is 228 g/mol. The topological polar surface area (TPSA) is 37.3 Å². The molecule has 0 atom stereocenters. The molecule has 2 nitrogen and oxygen atoms in total. The zero-order valence-electron chi connectivity index (χ0n) is 7.90. The van der Waals surface area contributed by atoms with Crippen molar-refractivity contribution >= 4 is 29.5 Å². The van der Waals surface area contributed by atoms with E-state index < -0.39 is 5.97 Å². The number of carboxylic acid groups (broad SMARTS) is 1. The van der Waals surface area contributed by atoms with Crippen LogP contribution < -0.4 is 0 Å². The number of thioether (sulfide) groups is 2. The fraction of sp³-hybridized carbons (Fsp3) is 0.300. The zero-order valence-corrected chi connectivity index (χ0v) is 9.53. The van der Waals surface area contributed by atoms with Crippen LogP contribution in [0.15, 0.2) is 34.1 Å². The minimum absolute atomic E-state index is 0.833. The van der Waals surface area contributed by atoms with Gasteiger partial charge in [-0.3, -0.25) is 4.79 Å². The lowest BCUT2D eigenvalue weighted by molar-refractivity contribution is -0.134. The highest BCUT2D eigenvalue weighted by Crippen LogP contribution is 2.35. The molecule has 0 amide bonds. The standard InChI is InChI=1S/C8H8S2.C2H4O2/c1-2-4-8-7(3-1)9-5-6-10-8;1-2(3)4/h1-4H,5-6H2;1H3,(H,3,4).